The van der Waals surface area contributed by atoms with Gasteiger partial charge in [-0.05, 0) is 19.1 Å². The second kappa shape index (κ2) is 8.01. The number of rotatable bonds is 7. The van der Waals surface area contributed by atoms with Gasteiger partial charge in [0.15, 0.2) is 11.5 Å². The Hall–Kier alpha value is -2.28. The van der Waals surface area contributed by atoms with E-state index in [-0.39, 0.29) is 30.2 Å². The van der Waals surface area contributed by atoms with Crippen LogP contribution in [0.5, 0.6) is 11.5 Å². The number of nitrogens with zero attached hydrogens (tertiary/aromatic N) is 1. The Bertz CT molecular complexity index is 605. The molecule has 1 heterocycles. The maximum atomic E-state index is 12.3. The third-order valence-corrected chi connectivity index (χ3v) is 3.98. The lowest BCUT2D eigenvalue weighted by Crippen LogP contribution is -2.40. The third kappa shape index (κ3) is 3.97. The van der Waals surface area contributed by atoms with Crippen molar-refractivity contribution in [3.63, 3.8) is 0 Å². The van der Waals surface area contributed by atoms with Crippen LogP contribution in [-0.4, -0.2) is 52.3 Å². The third-order valence-electron chi connectivity index (χ3n) is 3.98. The van der Waals surface area contributed by atoms with Crippen LogP contribution in [0, 0.1) is 5.92 Å². The quantitative estimate of drug-likeness (QED) is 0.810. The van der Waals surface area contributed by atoms with Gasteiger partial charge in [0, 0.05) is 37.9 Å². The van der Waals surface area contributed by atoms with Gasteiger partial charge >= 0.3 is 0 Å². The van der Waals surface area contributed by atoms with Crippen LogP contribution in [0.3, 0.4) is 0 Å². The maximum Gasteiger partial charge on any atom is 0.227 e. The summed E-state index contributed by atoms with van der Waals surface area (Å²) in [6.07, 6.45) is 0.194. The zero-order valence-corrected chi connectivity index (χ0v) is 14.5. The predicted molar refractivity (Wildman–Crippen MR) is 89.5 cm³/mol. The van der Waals surface area contributed by atoms with Gasteiger partial charge in [-0.15, -0.1) is 0 Å². The first-order valence-electron chi connectivity index (χ1n) is 7.81. The first kappa shape index (κ1) is 18.1. The van der Waals surface area contributed by atoms with Crippen molar-refractivity contribution in [2.45, 2.75) is 19.4 Å². The molecule has 2 rings (SSSR count). The molecular weight excluding hydrogens is 312 g/mol. The smallest absolute Gasteiger partial charge is 0.227 e. The van der Waals surface area contributed by atoms with Crippen molar-refractivity contribution in [3.8, 4) is 11.5 Å². The monoisotopic (exact) mass is 336 g/mol. The summed E-state index contributed by atoms with van der Waals surface area (Å²) in [4.78, 5) is 26.2. The Kier molecular flexibility index (Phi) is 6.03. The van der Waals surface area contributed by atoms with E-state index in [4.69, 9.17) is 14.2 Å². The fraction of sp³-hybridized carbons (Fsp3) is 0.529. The highest BCUT2D eigenvalue weighted by Crippen LogP contribution is 2.34. The lowest BCUT2D eigenvalue weighted by atomic mass is 10.1. The number of methoxy groups -OCH3 is 3. The molecule has 0 radical (unpaired) electrons. The SMILES string of the molecule is COC[C@H](C)NC(=O)[C@@H]1CC(=O)N(c2ccc(OC)c(OC)c2)C1. The number of hydrogen-bond donors (Lipinski definition) is 1. The van der Waals surface area contributed by atoms with Gasteiger partial charge in [0.1, 0.15) is 0 Å². The molecule has 1 N–H and O–H groups in total. The van der Waals surface area contributed by atoms with E-state index in [1.807, 2.05) is 6.92 Å². The normalized spacial score (nSPS) is 18.4. The van der Waals surface area contributed by atoms with Crippen molar-refractivity contribution < 1.29 is 23.8 Å². The highest BCUT2D eigenvalue weighted by molar-refractivity contribution is 6.00. The number of carbonyl (C=O) groups is 2. The first-order chi connectivity index (χ1) is 11.5. The van der Waals surface area contributed by atoms with Crippen molar-refractivity contribution in [2.24, 2.45) is 5.92 Å². The molecule has 1 saturated heterocycles. The van der Waals surface area contributed by atoms with E-state index in [1.54, 1.807) is 44.4 Å². The van der Waals surface area contributed by atoms with Gasteiger partial charge in [-0.25, -0.2) is 0 Å². The summed E-state index contributed by atoms with van der Waals surface area (Å²) < 4.78 is 15.5. The number of ether oxygens (including phenoxy) is 3. The Morgan fingerprint density at radius 2 is 2.00 bits per heavy atom. The van der Waals surface area contributed by atoms with Crippen LogP contribution >= 0.6 is 0 Å². The lowest BCUT2D eigenvalue weighted by molar-refractivity contribution is -0.127. The minimum Gasteiger partial charge on any atom is -0.493 e. The largest absolute Gasteiger partial charge is 0.493 e. The summed E-state index contributed by atoms with van der Waals surface area (Å²) in [5.41, 5.74) is 0.692. The van der Waals surface area contributed by atoms with E-state index in [9.17, 15) is 9.59 Å². The molecule has 2 atom stereocenters. The van der Waals surface area contributed by atoms with Crippen molar-refractivity contribution in [3.05, 3.63) is 18.2 Å². The van der Waals surface area contributed by atoms with E-state index in [0.29, 0.717) is 30.3 Å². The predicted octanol–water partition coefficient (Wildman–Crippen LogP) is 1.21. The number of carbonyl (C=O) groups excluding carboxylic acids is 2. The minimum atomic E-state index is -0.370. The molecule has 0 bridgehead atoms. The Morgan fingerprint density at radius 1 is 1.29 bits per heavy atom. The molecule has 7 nitrogen and oxygen atoms in total. The Labute approximate surface area is 141 Å². The number of nitrogens with one attached hydrogen (secondary N) is 1. The van der Waals surface area contributed by atoms with Gasteiger partial charge in [0.25, 0.3) is 0 Å². The van der Waals surface area contributed by atoms with E-state index in [0.717, 1.165) is 0 Å². The fourth-order valence-corrected chi connectivity index (χ4v) is 2.78. The van der Waals surface area contributed by atoms with E-state index < -0.39 is 0 Å². The van der Waals surface area contributed by atoms with Crippen LogP contribution in [-0.2, 0) is 14.3 Å². The fourth-order valence-electron chi connectivity index (χ4n) is 2.78. The van der Waals surface area contributed by atoms with Crippen molar-refractivity contribution in [1.29, 1.82) is 0 Å². The molecule has 0 unspecified atom stereocenters. The Balaban J connectivity index is 2.08. The van der Waals surface area contributed by atoms with Crippen LogP contribution < -0.4 is 19.7 Å². The second-order valence-corrected chi connectivity index (χ2v) is 5.81. The summed E-state index contributed by atoms with van der Waals surface area (Å²) in [5.74, 6) is 0.558. The highest BCUT2D eigenvalue weighted by atomic mass is 16.5. The molecule has 1 aliphatic rings. The zero-order valence-electron chi connectivity index (χ0n) is 14.5. The van der Waals surface area contributed by atoms with Gasteiger partial charge < -0.3 is 24.4 Å². The van der Waals surface area contributed by atoms with Crippen LogP contribution in [0.15, 0.2) is 18.2 Å². The number of hydrogen-bond acceptors (Lipinski definition) is 5. The number of benzene rings is 1. The topological polar surface area (TPSA) is 77.1 Å². The van der Waals surface area contributed by atoms with Gasteiger partial charge in [0.2, 0.25) is 11.8 Å². The molecule has 1 aliphatic heterocycles. The minimum absolute atomic E-state index is 0.0817. The molecule has 1 aromatic carbocycles. The van der Waals surface area contributed by atoms with Crippen LogP contribution in [0.2, 0.25) is 0 Å². The molecule has 7 heteroatoms. The first-order valence-corrected chi connectivity index (χ1v) is 7.81. The molecule has 0 aliphatic carbocycles. The van der Waals surface area contributed by atoms with Crippen LogP contribution in [0.4, 0.5) is 5.69 Å². The summed E-state index contributed by atoms with van der Waals surface area (Å²) in [6, 6.07) is 5.18. The standard InChI is InChI=1S/C17H24N2O5/c1-11(10-22-2)18-17(21)12-7-16(20)19(9-12)13-5-6-14(23-3)15(8-13)24-4/h5-6,8,11-12H,7,9-10H2,1-4H3,(H,18,21)/t11-,12+/m0/s1. The van der Waals surface area contributed by atoms with Crippen molar-refractivity contribution in [1.82, 2.24) is 5.32 Å². The van der Waals surface area contributed by atoms with Gasteiger partial charge in [0.05, 0.1) is 26.7 Å². The average molecular weight is 336 g/mol. The second-order valence-electron chi connectivity index (χ2n) is 5.81. The summed E-state index contributed by atoms with van der Waals surface area (Å²) >= 11 is 0. The zero-order chi connectivity index (χ0) is 17.7. The Morgan fingerprint density at radius 3 is 2.62 bits per heavy atom. The molecule has 24 heavy (non-hydrogen) atoms. The average Bonchev–Trinajstić information content (AvgIpc) is 2.96. The van der Waals surface area contributed by atoms with Gasteiger partial charge in [-0.3, -0.25) is 9.59 Å². The number of amides is 2. The van der Waals surface area contributed by atoms with Crippen LogP contribution in [0.1, 0.15) is 13.3 Å². The molecule has 0 aromatic heterocycles. The summed E-state index contributed by atoms with van der Waals surface area (Å²) in [5, 5.41) is 2.87. The van der Waals surface area contributed by atoms with E-state index >= 15 is 0 Å². The van der Waals surface area contributed by atoms with E-state index in [1.165, 1.54) is 0 Å². The molecule has 2 amide bonds. The molecule has 0 spiro atoms. The van der Waals surface area contributed by atoms with Crippen molar-refractivity contribution in [2.75, 3.05) is 39.4 Å². The molecule has 1 aromatic rings. The maximum absolute atomic E-state index is 12.3. The van der Waals surface area contributed by atoms with Crippen LogP contribution in [0.25, 0.3) is 0 Å². The van der Waals surface area contributed by atoms with Crippen molar-refractivity contribution >= 4 is 17.5 Å². The molecule has 1 fully saturated rings. The summed E-state index contributed by atoms with van der Waals surface area (Å²) in [6.45, 7) is 2.65. The summed E-state index contributed by atoms with van der Waals surface area (Å²) in [7, 11) is 4.68. The van der Waals surface area contributed by atoms with Gasteiger partial charge in [-0.2, -0.15) is 0 Å². The van der Waals surface area contributed by atoms with Gasteiger partial charge in [-0.1, -0.05) is 0 Å². The molecule has 132 valence electrons. The molecular formula is C17H24N2O5. The number of anilines is 1. The lowest BCUT2D eigenvalue weighted by Gasteiger charge is -2.19. The van der Waals surface area contributed by atoms with E-state index in [2.05, 4.69) is 5.32 Å². The highest BCUT2D eigenvalue weighted by Gasteiger charge is 2.35. The molecule has 0 saturated carbocycles.